The van der Waals surface area contributed by atoms with E-state index < -0.39 is 11.4 Å². The third kappa shape index (κ3) is 3.30. The lowest BCUT2D eigenvalue weighted by Gasteiger charge is -2.35. The molecule has 3 aliphatic rings. The van der Waals surface area contributed by atoms with Crippen molar-refractivity contribution in [2.75, 3.05) is 59.5 Å². The van der Waals surface area contributed by atoms with Crippen molar-refractivity contribution in [1.29, 1.82) is 0 Å². The van der Waals surface area contributed by atoms with Crippen LogP contribution in [0.2, 0.25) is 0 Å². The Balaban J connectivity index is 1.45. The van der Waals surface area contributed by atoms with Crippen LogP contribution in [0.3, 0.4) is 0 Å². The molecule has 0 aromatic heterocycles. The Bertz CT molecular complexity index is 732. The average molecular weight is 373 g/mol. The number of piperazine rings is 1. The number of para-hydroxylation sites is 1. The highest BCUT2D eigenvalue weighted by Gasteiger charge is 2.57. The van der Waals surface area contributed by atoms with E-state index in [0.717, 1.165) is 44.0 Å². The number of fused-ring (bicyclic) bond motifs is 3. The molecule has 7 nitrogen and oxygen atoms in total. The molecule has 1 aromatic rings. The lowest BCUT2D eigenvalue weighted by Crippen LogP contribution is -2.47. The van der Waals surface area contributed by atoms with E-state index >= 15 is 0 Å². The van der Waals surface area contributed by atoms with Gasteiger partial charge in [-0.2, -0.15) is 0 Å². The highest BCUT2D eigenvalue weighted by atomic mass is 16.5. The Morgan fingerprint density at radius 3 is 2.70 bits per heavy atom. The fraction of sp³-hybridized carbons (Fsp3) is 0.600. The number of rotatable bonds is 4. The quantitative estimate of drug-likeness (QED) is 0.838. The van der Waals surface area contributed by atoms with Gasteiger partial charge in [-0.25, -0.2) is 0 Å². The molecule has 0 spiro atoms. The fourth-order valence-electron chi connectivity index (χ4n) is 4.51. The van der Waals surface area contributed by atoms with Crippen molar-refractivity contribution in [2.24, 2.45) is 5.41 Å². The molecule has 0 radical (unpaired) electrons. The van der Waals surface area contributed by atoms with E-state index in [0.29, 0.717) is 13.0 Å². The molecule has 1 N–H and O–H groups in total. The predicted octanol–water partition coefficient (Wildman–Crippen LogP) is 0.713. The molecule has 3 heterocycles. The zero-order chi connectivity index (χ0) is 19.0. The summed E-state index contributed by atoms with van der Waals surface area (Å²) in [4.78, 5) is 31.3. The van der Waals surface area contributed by atoms with Crippen LogP contribution in [0.25, 0.3) is 0 Å². The van der Waals surface area contributed by atoms with Gasteiger partial charge in [0.2, 0.25) is 5.91 Å². The molecule has 1 amide bonds. The van der Waals surface area contributed by atoms with Gasteiger partial charge in [-0.3, -0.25) is 9.59 Å². The molecular formula is C20H27N3O4. The number of ether oxygens (including phenoxy) is 1. The largest absolute Gasteiger partial charge is 0.492 e. The van der Waals surface area contributed by atoms with Crippen LogP contribution in [-0.4, -0.2) is 91.2 Å². The summed E-state index contributed by atoms with van der Waals surface area (Å²) < 4.78 is 5.76. The highest BCUT2D eigenvalue weighted by molar-refractivity contribution is 5.83. The Morgan fingerprint density at radius 2 is 1.96 bits per heavy atom. The van der Waals surface area contributed by atoms with Crippen LogP contribution in [0.4, 0.5) is 0 Å². The average Bonchev–Trinajstić information content (AvgIpc) is 3.09. The molecule has 0 bridgehead atoms. The minimum atomic E-state index is -1.04. The zero-order valence-corrected chi connectivity index (χ0v) is 15.8. The smallest absolute Gasteiger partial charge is 0.315 e. The second-order valence-corrected chi connectivity index (χ2v) is 8.01. The molecule has 0 aliphatic carbocycles. The van der Waals surface area contributed by atoms with Crippen LogP contribution in [0, 0.1) is 5.41 Å². The van der Waals surface area contributed by atoms with Crippen molar-refractivity contribution in [3.05, 3.63) is 29.8 Å². The molecule has 3 aliphatic heterocycles. The third-order valence-corrected chi connectivity index (χ3v) is 6.34. The van der Waals surface area contributed by atoms with Gasteiger partial charge in [0.05, 0.1) is 0 Å². The Kier molecular flexibility index (Phi) is 4.82. The number of likely N-dealkylation sites (tertiary alicyclic amines) is 1. The summed E-state index contributed by atoms with van der Waals surface area (Å²) in [5, 5.41) is 9.95. The molecule has 7 heteroatoms. The predicted molar refractivity (Wildman–Crippen MR) is 99.9 cm³/mol. The second kappa shape index (κ2) is 7.13. The van der Waals surface area contributed by atoms with Crippen molar-refractivity contribution >= 4 is 11.9 Å². The van der Waals surface area contributed by atoms with Crippen molar-refractivity contribution in [2.45, 2.75) is 12.3 Å². The molecule has 0 unspecified atom stereocenters. The zero-order valence-electron chi connectivity index (χ0n) is 15.8. The Hall–Kier alpha value is -2.12. The van der Waals surface area contributed by atoms with Crippen LogP contribution < -0.4 is 4.74 Å². The summed E-state index contributed by atoms with van der Waals surface area (Å²) in [6, 6.07) is 7.59. The molecule has 2 atom stereocenters. The number of nitrogens with zero attached hydrogens (tertiary/aromatic N) is 3. The minimum Gasteiger partial charge on any atom is -0.492 e. The van der Waals surface area contributed by atoms with Gasteiger partial charge in [0.25, 0.3) is 0 Å². The molecule has 4 rings (SSSR count). The van der Waals surface area contributed by atoms with E-state index in [2.05, 4.69) is 16.8 Å². The molecule has 2 fully saturated rings. The van der Waals surface area contributed by atoms with Crippen LogP contribution in [0.15, 0.2) is 24.3 Å². The lowest BCUT2D eigenvalue weighted by molar-refractivity contribution is -0.152. The maximum Gasteiger partial charge on any atom is 0.315 e. The van der Waals surface area contributed by atoms with Gasteiger partial charge in [-0.15, -0.1) is 0 Å². The van der Waals surface area contributed by atoms with Gasteiger partial charge in [0, 0.05) is 63.7 Å². The van der Waals surface area contributed by atoms with Gasteiger partial charge < -0.3 is 24.5 Å². The maximum absolute atomic E-state index is 12.8. The first-order chi connectivity index (χ1) is 13.0. The molecular weight excluding hydrogens is 346 g/mol. The number of hydrogen-bond donors (Lipinski definition) is 1. The van der Waals surface area contributed by atoms with Gasteiger partial charge >= 0.3 is 5.97 Å². The van der Waals surface area contributed by atoms with Crippen molar-refractivity contribution < 1.29 is 19.4 Å². The topological polar surface area (TPSA) is 73.3 Å². The van der Waals surface area contributed by atoms with Gasteiger partial charge in [-0.05, 0) is 13.1 Å². The number of carboxylic acids is 1. The van der Waals surface area contributed by atoms with E-state index in [1.54, 1.807) is 4.90 Å². The third-order valence-electron chi connectivity index (χ3n) is 6.34. The minimum absolute atomic E-state index is 0.0430. The van der Waals surface area contributed by atoms with E-state index in [4.69, 9.17) is 4.74 Å². The number of carboxylic acid groups (broad SMARTS) is 1. The normalized spacial score (nSPS) is 28.3. The van der Waals surface area contributed by atoms with E-state index in [9.17, 15) is 14.7 Å². The first-order valence-corrected chi connectivity index (χ1v) is 9.63. The molecule has 146 valence electrons. The van der Waals surface area contributed by atoms with E-state index in [1.165, 1.54) is 0 Å². The number of amides is 1. The van der Waals surface area contributed by atoms with E-state index in [1.807, 2.05) is 24.3 Å². The van der Waals surface area contributed by atoms with Crippen molar-refractivity contribution in [3.8, 4) is 5.75 Å². The summed E-state index contributed by atoms with van der Waals surface area (Å²) >= 11 is 0. The van der Waals surface area contributed by atoms with E-state index in [-0.39, 0.29) is 25.0 Å². The van der Waals surface area contributed by atoms with Crippen LogP contribution in [0.5, 0.6) is 5.75 Å². The van der Waals surface area contributed by atoms with Crippen LogP contribution in [-0.2, 0) is 9.59 Å². The molecule has 1 aromatic carbocycles. The lowest BCUT2D eigenvalue weighted by atomic mass is 9.73. The SMILES string of the molecule is CN1CCN(CCC(=O)N2C[C@@H]3c4ccccc4OC[C@]3(C(=O)O)C2)CC1. The number of hydrogen-bond acceptors (Lipinski definition) is 5. The first kappa shape index (κ1) is 18.3. The first-order valence-electron chi connectivity index (χ1n) is 9.63. The number of likely N-dealkylation sites (N-methyl/N-ethyl adjacent to an activating group) is 1. The Morgan fingerprint density at radius 1 is 1.22 bits per heavy atom. The monoisotopic (exact) mass is 373 g/mol. The highest BCUT2D eigenvalue weighted by Crippen LogP contribution is 2.49. The molecule has 0 saturated carbocycles. The van der Waals surface area contributed by atoms with Gasteiger partial charge in [-0.1, -0.05) is 18.2 Å². The molecule has 2 saturated heterocycles. The number of aliphatic carboxylic acids is 1. The van der Waals surface area contributed by atoms with Crippen molar-refractivity contribution in [3.63, 3.8) is 0 Å². The van der Waals surface area contributed by atoms with Gasteiger partial charge in [0.15, 0.2) is 0 Å². The van der Waals surface area contributed by atoms with Crippen molar-refractivity contribution in [1.82, 2.24) is 14.7 Å². The summed E-state index contributed by atoms with van der Waals surface area (Å²) in [6.45, 7) is 5.54. The number of carbonyl (C=O) groups is 2. The van der Waals surface area contributed by atoms with Crippen LogP contribution >= 0.6 is 0 Å². The summed E-state index contributed by atoms with van der Waals surface area (Å²) in [5.74, 6) is -0.309. The summed E-state index contributed by atoms with van der Waals surface area (Å²) in [7, 11) is 2.11. The number of benzene rings is 1. The Labute approximate surface area is 159 Å². The van der Waals surface area contributed by atoms with Gasteiger partial charge in [0.1, 0.15) is 17.8 Å². The summed E-state index contributed by atoms with van der Waals surface area (Å²) in [5.41, 5.74) is -0.141. The second-order valence-electron chi connectivity index (χ2n) is 8.01. The van der Waals surface area contributed by atoms with Crippen LogP contribution in [0.1, 0.15) is 17.9 Å². The maximum atomic E-state index is 12.8. The fourth-order valence-corrected chi connectivity index (χ4v) is 4.51. The summed E-state index contributed by atoms with van der Waals surface area (Å²) in [6.07, 6.45) is 0.439. The number of carbonyl (C=O) groups excluding carboxylic acids is 1. The molecule has 27 heavy (non-hydrogen) atoms. The standard InChI is InChI=1S/C20H27N3O4/c1-21-8-10-22(11-9-21)7-6-18(24)23-12-16-15-4-2-3-5-17(15)27-14-20(16,13-23)19(25)26/h2-5,16H,6-14H2,1H3,(H,25,26)/t16-,20-/m1/s1.